The fourth-order valence-corrected chi connectivity index (χ4v) is 4.60. The second kappa shape index (κ2) is 11.5. The number of methoxy groups -OCH3 is 1. The molecule has 1 saturated heterocycles. The number of hydrogen-bond acceptors (Lipinski definition) is 13. The van der Waals surface area contributed by atoms with E-state index in [1.54, 1.807) is 6.07 Å². The number of oxime groups is 1. The second-order valence-electron chi connectivity index (χ2n) is 7.07. The summed E-state index contributed by atoms with van der Waals surface area (Å²) < 4.78 is 24.1. The molecule has 3 rings (SSSR count). The number of thioether (sulfide) groups is 1. The van der Waals surface area contributed by atoms with Gasteiger partial charge < -0.3 is 39.3 Å². The Morgan fingerprint density at radius 1 is 1.31 bits per heavy atom. The lowest BCUT2D eigenvalue weighted by Gasteiger charge is -2.49. The van der Waals surface area contributed by atoms with Crippen LogP contribution in [0.3, 0.4) is 0 Å². The highest BCUT2D eigenvalue weighted by Crippen LogP contribution is 2.41. The predicted octanol–water partition coefficient (Wildman–Crippen LogP) is 0.0516. The third-order valence-electron chi connectivity index (χ3n) is 4.77. The Morgan fingerprint density at radius 3 is 2.67 bits per heavy atom. The van der Waals surface area contributed by atoms with Crippen molar-refractivity contribution in [1.29, 1.82) is 0 Å². The van der Waals surface area contributed by atoms with Crippen molar-refractivity contribution in [2.45, 2.75) is 24.6 Å². The number of nitrogens with two attached hydrogens (primary N) is 1. The molecule has 2 aliphatic rings. The number of β-lactam (4-membered cyclic amide) rings is 1. The number of furan rings is 1. The first-order valence-corrected chi connectivity index (χ1v) is 11.2. The van der Waals surface area contributed by atoms with Gasteiger partial charge in [-0.2, -0.15) is 0 Å². The number of hydrogen-bond donors (Lipinski definition) is 2. The van der Waals surface area contributed by atoms with E-state index in [0.717, 1.165) is 12.0 Å². The zero-order valence-corrected chi connectivity index (χ0v) is 20.1. The van der Waals surface area contributed by atoms with E-state index >= 15 is 0 Å². The third-order valence-corrected chi connectivity index (χ3v) is 6.11. The molecule has 0 spiro atoms. The molecule has 3 heterocycles. The van der Waals surface area contributed by atoms with E-state index in [1.165, 1.54) is 38.1 Å². The molecule has 0 aromatic carbocycles. The standard InChI is InChI=1S/C20H22N4O11S/c1-9(35-20(29)30-2)34-18(27)14-10(7-33-19(21)28)8-36-17-13(16(26)24(14)17)22-15(25)12(23-31-3)11-5-4-6-32-11/h4-6,9,13,17H,7-8H2,1-3H3,(H2,21,28)(H,22,25)/b23-12-/t9?,13-,17-/m1/s1. The van der Waals surface area contributed by atoms with Gasteiger partial charge in [0.25, 0.3) is 11.8 Å². The van der Waals surface area contributed by atoms with Crippen LogP contribution in [-0.2, 0) is 38.2 Å². The molecule has 3 amide bonds. The number of nitrogens with zero attached hydrogens (tertiary/aromatic N) is 2. The molecule has 1 aromatic heterocycles. The van der Waals surface area contributed by atoms with Crippen molar-refractivity contribution in [3.8, 4) is 0 Å². The Hall–Kier alpha value is -4.21. The lowest BCUT2D eigenvalue weighted by Crippen LogP contribution is -2.71. The summed E-state index contributed by atoms with van der Waals surface area (Å²) in [4.78, 5) is 66.9. The van der Waals surface area contributed by atoms with Crippen LogP contribution in [0.4, 0.5) is 9.59 Å². The molecule has 0 bridgehead atoms. The second-order valence-corrected chi connectivity index (χ2v) is 8.17. The summed E-state index contributed by atoms with van der Waals surface area (Å²) in [6, 6.07) is 2.00. The van der Waals surface area contributed by atoms with Crippen molar-refractivity contribution < 1.29 is 52.2 Å². The summed E-state index contributed by atoms with van der Waals surface area (Å²) in [6.45, 7) is 0.867. The first kappa shape index (κ1) is 26.4. The monoisotopic (exact) mass is 526 g/mol. The molecule has 1 unspecified atom stereocenters. The van der Waals surface area contributed by atoms with Crippen LogP contribution in [-0.4, -0.2) is 84.9 Å². The van der Waals surface area contributed by atoms with E-state index in [9.17, 15) is 24.0 Å². The van der Waals surface area contributed by atoms with E-state index in [2.05, 4.69) is 15.2 Å². The normalized spacial score (nSPS) is 19.9. The van der Waals surface area contributed by atoms with Gasteiger partial charge in [-0.25, -0.2) is 14.4 Å². The Balaban J connectivity index is 1.79. The molecule has 16 heteroatoms. The zero-order chi connectivity index (χ0) is 26.4. The van der Waals surface area contributed by atoms with Gasteiger partial charge in [0.05, 0.1) is 13.4 Å². The molecule has 2 aliphatic heterocycles. The largest absolute Gasteiger partial charge is 0.511 e. The average molecular weight is 526 g/mol. The summed E-state index contributed by atoms with van der Waals surface area (Å²) in [5.41, 5.74) is 4.81. The van der Waals surface area contributed by atoms with Gasteiger partial charge in [-0.3, -0.25) is 14.5 Å². The molecule has 1 aromatic rings. The number of amides is 3. The van der Waals surface area contributed by atoms with Gasteiger partial charge in [0, 0.05) is 18.2 Å². The maximum absolute atomic E-state index is 13.0. The van der Waals surface area contributed by atoms with Crippen molar-refractivity contribution in [2.75, 3.05) is 26.6 Å². The van der Waals surface area contributed by atoms with E-state index in [-0.39, 0.29) is 28.5 Å². The highest BCUT2D eigenvalue weighted by atomic mass is 32.2. The van der Waals surface area contributed by atoms with Gasteiger partial charge in [0.2, 0.25) is 12.0 Å². The smallest absolute Gasteiger partial charge is 0.462 e. The third kappa shape index (κ3) is 5.70. The van der Waals surface area contributed by atoms with Gasteiger partial charge in [0.1, 0.15) is 30.8 Å². The van der Waals surface area contributed by atoms with Crippen molar-refractivity contribution in [2.24, 2.45) is 10.9 Å². The fraction of sp³-hybridized carbons (Fsp3) is 0.400. The topological polar surface area (TPSA) is 198 Å². The number of carbonyl (C=O) groups excluding carboxylic acids is 5. The van der Waals surface area contributed by atoms with Gasteiger partial charge in [0.15, 0.2) is 5.76 Å². The van der Waals surface area contributed by atoms with Crippen LogP contribution < -0.4 is 11.1 Å². The summed E-state index contributed by atoms with van der Waals surface area (Å²) in [5.74, 6) is -2.19. The molecule has 3 atom stereocenters. The van der Waals surface area contributed by atoms with Gasteiger partial charge in [-0.05, 0) is 12.1 Å². The maximum atomic E-state index is 13.0. The predicted molar refractivity (Wildman–Crippen MR) is 119 cm³/mol. The van der Waals surface area contributed by atoms with E-state index < -0.39 is 54.3 Å². The van der Waals surface area contributed by atoms with Crippen LogP contribution in [0.25, 0.3) is 0 Å². The maximum Gasteiger partial charge on any atom is 0.511 e. The number of primary amides is 1. The van der Waals surface area contributed by atoms with Crippen molar-refractivity contribution >= 4 is 47.5 Å². The molecular weight excluding hydrogens is 504 g/mol. The minimum atomic E-state index is -1.36. The fourth-order valence-electron chi connectivity index (χ4n) is 3.27. The van der Waals surface area contributed by atoms with Crippen LogP contribution in [0.15, 0.2) is 39.2 Å². The van der Waals surface area contributed by atoms with Crippen molar-refractivity contribution in [1.82, 2.24) is 10.2 Å². The number of rotatable bonds is 9. The minimum Gasteiger partial charge on any atom is -0.462 e. The Morgan fingerprint density at radius 2 is 2.06 bits per heavy atom. The SMILES string of the molecule is CO/N=C(\C(=O)N[C@@H]1C(=O)N2C(C(=O)OC(C)OC(=O)OC)=C(COC(N)=O)CS[C@H]12)c1ccco1. The molecule has 3 N–H and O–H groups in total. The highest BCUT2D eigenvalue weighted by Gasteiger charge is 2.55. The van der Waals surface area contributed by atoms with E-state index in [0.29, 0.717) is 0 Å². The average Bonchev–Trinajstić information content (AvgIpc) is 3.37. The number of nitrogens with one attached hydrogen (secondary N) is 1. The summed E-state index contributed by atoms with van der Waals surface area (Å²) >= 11 is 1.20. The van der Waals surface area contributed by atoms with Crippen molar-refractivity contribution in [3.63, 3.8) is 0 Å². The summed E-state index contributed by atoms with van der Waals surface area (Å²) in [7, 11) is 2.32. The lowest BCUT2D eigenvalue weighted by atomic mass is 10.0. The summed E-state index contributed by atoms with van der Waals surface area (Å²) in [6.07, 6.45) is -2.21. The molecule has 194 valence electrons. The van der Waals surface area contributed by atoms with E-state index in [4.69, 9.17) is 29.2 Å². The lowest BCUT2D eigenvalue weighted by molar-refractivity contribution is -0.168. The molecule has 0 aliphatic carbocycles. The number of carbonyl (C=O) groups is 5. The molecule has 1 fully saturated rings. The van der Waals surface area contributed by atoms with Gasteiger partial charge >= 0.3 is 18.2 Å². The highest BCUT2D eigenvalue weighted by molar-refractivity contribution is 8.00. The first-order valence-electron chi connectivity index (χ1n) is 10.2. The molecule has 15 nitrogen and oxygen atoms in total. The summed E-state index contributed by atoms with van der Waals surface area (Å²) in [5, 5.41) is 5.49. The van der Waals surface area contributed by atoms with Crippen LogP contribution in [0.2, 0.25) is 0 Å². The van der Waals surface area contributed by atoms with Crippen LogP contribution in [0, 0.1) is 0 Å². The molecule has 0 saturated carbocycles. The van der Waals surface area contributed by atoms with Crippen molar-refractivity contribution in [3.05, 3.63) is 35.4 Å². The van der Waals surface area contributed by atoms with Crippen LogP contribution in [0.5, 0.6) is 0 Å². The van der Waals surface area contributed by atoms with Gasteiger partial charge in [-0.15, -0.1) is 11.8 Å². The van der Waals surface area contributed by atoms with Crippen LogP contribution >= 0.6 is 11.8 Å². The van der Waals surface area contributed by atoms with Crippen LogP contribution in [0.1, 0.15) is 12.7 Å². The number of esters is 1. The molecule has 36 heavy (non-hydrogen) atoms. The molecule has 0 radical (unpaired) electrons. The quantitative estimate of drug-likeness (QED) is 0.110. The number of fused-ring (bicyclic) bond motifs is 1. The Kier molecular flexibility index (Phi) is 8.42. The minimum absolute atomic E-state index is 0.115. The van der Waals surface area contributed by atoms with E-state index in [1.807, 2.05) is 0 Å². The first-order chi connectivity index (χ1) is 17.2. The Bertz CT molecular complexity index is 1100. The van der Waals surface area contributed by atoms with Gasteiger partial charge in [-0.1, -0.05) is 5.16 Å². The zero-order valence-electron chi connectivity index (χ0n) is 19.2. The molecular formula is C20H22N4O11S. The number of ether oxygens (including phenoxy) is 4. The Labute approximate surface area is 207 Å².